The van der Waals surface area contributed by atoms with Crippen molar-refractivity contribution in [2.75, 3.05) is 16.9 Å². The average molecular weight is 695 g/mol. The van der Waals surface area contributed by atoms with Gasteiger partial charge in [-0.05, 0) is 72.9 Å². The third-order valence-corrected chi connectivity index (χ3v) is 11.3. The van der Waals surface area contributed by atoms with Crippen LogP contribution in [0.3, 0.4) is 0 Å². The van der Waals surface area contributed by atoms with E-state index >= 15 is 0 Å². The number of amides is 4. The maximum absolute atomic E-state index is 14.4. The number of rotatable bonds is 5. The van der Waals surface area contributed by atoms with Crippen LogP contribution in [0.1, 0.15) is 34.7 Å². The lowest BCUT2D eigenvalue weighted by molar-refractivity contribution is -0.125. The smallest absolute Gasteiger partial charge is 0.339 e. The first-order chi connectivity index (χ1) is 22.7. The maximum Gasteiger partial charge on any atom is 0.339 e. The first-order valence-electron chi connectivity index (χ1n) is 14.8. The van der Waals surface area contributed by atoms with Crippen molar-refractivity contribution in [3.05, 3.63) is 89.3 Å². The van der Waals surface area contributed by atoms with E-state index in [1.807, 2.05) is 0 Å². The zero-order chi connectivity index (χ0) is 34.4. The molecule has 2 heterocycles. The Morgan fingerprint density at radius 1 is 0.875 bits per heavy atom. The molecule has 0 bridgehead atoms. The molecule has 0 radical (unpaired) electrons. The maximum atomic E-state index is 14.4. The van der Waals surface area contributed by atoms with Gasteiger partial charge < -0.3 is 20.1 Å². The second-order valence-electron chi connectivity index (χ2n) is 12.2. The Bertz CT molecular complexity index is 2000. The van der Waals surface area contributed by atoms with Crippen LogP contribution in [0.15, 0.2) is 72.3 Å². The predicted octanol–water partition coefficient (Wildman–Crippen LogP) is 4.71. The molecule has 14 heteroatoms. The number of carboxylic acid groups (broad SMARTS) is 1. The lowest BCUT2D eigenvalue weighted by Crippen LogP contribution is -2.60. The number of fused-ring (bicyclic) bond motifs is 4. The Labute approximate surface area is 281 Å². The molecule has 48 heavy (non-hydrogen) atoms. The minimum Gasteiger partial charge on any atom is -0.507 e. The molecular weight excluding hydrogens is 670 g/mol. The summed E-state index contributed by atoms with van der Waals surface area (Å²) in [5.41, 5.74) is 0.381. The number of hydrogen-bond donors (Lipinski definition) is 3. The van der Waals surface area contributed by atoms with Gasteiger partial charge >= 0.3 is 5.97 Å². The van der Waals surface area contributed by atoms with Gasteiger partial charge in [-0.25, -0.2) is 19.0 Å². The van der Waals surface area contributed by atoms with E-state index in [1.54, 1.807) is 6.08 Å². The van der Waals surface area contributed by atoms with Gasteiger partial charge in [0.2, 0.25) is 11.8 Å². The summed E-state index contributed by atoms with van der Waals surface area (Å²) in [6, 6.07) is 12.3. The second kappa shape index (κ2) is 10.8. The van der Waals surface area contributed by atoms with Gasteiger partial charge in [-0.15, -0.1) is 23.2 Å². The molecule has 0 aromatic heterocycles. The molecule has 3 aromatic carbocycles. The van der Waals surface area contributed by atoms with Crippen molar-refractivity contribution in [1.29, 1.82) is 0 Å². The topological polar surface area (TPSA) is 162 Å². The van der Waals surface area contributed by atoms with Gasteiger partial charge in [0.05, 0.1) is 30.3 Å². The van der Waals surface area contributed by atoms with Gasteiger partial charge in [-0.1, -0.05) is 17.7 Å². The first-order valence-corrected chi connectivity index (χ1v) is 15.5. The van der Waals surface area contributed by atoms with Crippen LogP contribution in [0, 0.1) is 23.6 Å². The van der Waals surface area contributed by atoms with E-state index < -0.39 is 80.1 Å². The summed E-state index contributed by atoms with van der Waals surface area (Å²) in [7, 11) is 1.33. The fourth-order valence-corrected chi connectivity index (χ4v) is 8.68. The Morgan fingerprint density at radius 2 is 1.56 bits per heavy atom. The van der Waals surface area contributed by atoms with E-state index in [1.165, 1.54) is 43.5 Å². The number of phenolic OH excluding ortho intramolecular Hbond substituents is 1. The molecule has 3 aromatic rings. The fraction of sp³-hybridized carbons (Fsp3) is 0.265. The number of imide groups is 2. The highest BCUT2D eigenvalue weighted by atomic mass is 35.5. The van der Waals surface area contributed by atoms with Gasteiger partial charge in [0.1, 0.15) is 17.1 Å². The molecule has 2 saturated heterocycles. The number of benzene rings is 3. The van der Waals surface area contributed by atoms with Gasteiger partial charge in [-0.3, -0.25) is 19.2 Å². The van der Waals surface area contributed by atoms with Crippen molar-refractivity contribution in [2.45, 2.75) is 28.5 Å². The zero-order valence-electron chi connectivity index (χ0n) is 24.9. The minimum absolute atomic E-state index is 0.0284. The molecule has 246 valence electrons. The van der Waals surface area contributed by atoms with E-state index in [2.05, 4.69) is 0 Å². The Balaban J connectivity index is 1.38. The summed E-state index contributed by atoms with van der Waals surface area (Å²) < 4.78 is 19.2. The van der Waals surface area contributed by atoms with Crippen molar-refractivity contribution in [3.63, 3.8) is 0 Å². The monoisotopic (exact) mass is 694 g/mol. The highest BCUT2D eigenvalue weighted by Gasteiger charge is 2.76. The van der Waals surface area contributed by atoms with Crippen LogP contribution in [-0.2, 0) is 19.2 Å². The molecule has 4 aliphatic rings. The summed E-state index contributed by atoms with van der Waals surface area (Å²) in [5, 5.41) is 30.0. The Morgan fingerprint density at radius 3 is 2.21 bits per heavy atom. The van der Waals surface area contributed by atoms with Crippen molar-refractivity contribution < 1.29 is 48.4 Å². The highest BCUT2D eigenvalue weighted by Crippen LogP contribution is 2.66. The van der Waals surface area contributed by atoms with Crippen LogP contribution in [-0.4, -0.2) is 61.8 Å². The van der Waals surface area contributed by atoms with Gasteiger partial charge in [0.25, 0.3) is 11.8 Å². The molecule has 6 atom stereocenters. The van der Waals surface area contributed by atoms with Crippen LogP contribution in [0.2, 0.25) is 0 Å². The molecule has 11 nitrogen and oxygen atoms in total. The van der Waals surface area contributed by atoms with Crippen molar-refractivity contribution in [1.82, 2.24) is 0 Å². The number of anilines is 2. The van der Waals surface area contributed by atoms with Crippen molar-refractivity contribution >= 4 is 64.2 Å². The number of aromatic carboxylic acids is 1. The largest absolute Gasteiger partial charge is 0.507 e. The van der Waals surface area contributed by atoms with Crippen molar-refractivity contribution in [2.24, 2.45) is 17.8 Å². The number of carboxylic acids is 1. The van der Waals surface area contributed by atoms with Gasteiger partial charge in [-0.2, -0.15) is 0 Å². The summed E-state index contributed by atoms with van der Waals surface area (Å²) in [4.78, 5) is 65.5. The van der Waals surface area contributed by atoms with Gasteiger partial charge in [0, 0.05) is 12.0 Å². The zero-order valence-corrected chi connectivity index (χ0v) is 26.4. The number of ether oxygens (including phenoxy) is 1. The molecule has 1 saturated carbocycles. The van der Waals surface area contributed by atoms with Gasteiger partial charge in [0.15, 0.2) is 21.2 Å². The fourth-order valence-electron chi connectivity index (χ4n) is 7.74. The molecule has 6 unspecified atom stereocenters. The molecule has 2 aliphatic carbocycles. The first kappa shape index (κ1) is 31.6. The quantitative estimate of drug-likeness (QED) is 0.195. The normalized spacial score (nSPS) is 29.4. The number of nitrogens with zero attached hydrogens (tertiary/aromatic N) is 2. The minimum atomic E-state index is -2.18. The lowest BCUT2D eigenvalue weighted by Gasteiger charge is -2.50. The van der Waals surface area contributed by atoms with Crippen LogP contribution < -0.4 is 14.5 Å². The van der Waals surface area contributed by atoms with Crippen LogP contribution >= 0.6 is 23.2 Å². The molecular formula is C34H25Cl2FN2O9. The third-order valence-electron chi connectivity index (χ3n) is 9.90. The highest BCUT2D eigenvalue weighted by molar-refractivity contribution is 6.58. The molecule has 0 spiro atoms. The van der Waals surface area contributed by atoms with E-state index in [0.29, 0.717) is 11.1 Å². The number of methoxy groups -OCH3 is 1. The second-order valence-corrected chi connectivity index (χ2v) is 13.4. The summed E-state index contributed by atoms with van der Waals surface area (Å²) in [6.07, 6.45) is 1.44. The Hall–Kier alpha value is -4.94. The summed E-state index contributed by atoms with van der Waals surface area (Å²) in [6.45, 7) is 0. The third kappa shape index (κ3) is 4.15. The predicted molar refractivity (Wildman–Crippen MR) is 169 cm³/mol. The van der Waals surface area contributed by atoms with Crippen LogP contribution in [0.5, 0.6) is 17.2 Å². The van der Waals surface area contributed by atoms with E-state index in [4.69, 9.17) is 27.9 Å². The average Bonchev–Trinajstić information content (AvgIpc) is 3.39. The molecule has 4 amide bonds. The van der Waals surface area contributed by atoms with E-state index in [9.17, 15) is 43.7 Å². The molecule has 3 N–H and O–H groups in total. The number of phenols is 2. The molecule has 2 aliphatic heterocycles. The number of alkyl halides is 2. The number of halogens is 3. The number of hydrogen-bond acceptors (Lipinski definition) is 8. The lowest BCUT2D eigenvalue weighted by atomic mass is 9.56. The number of aromatic hydroxyl groups is 2. The van der Waals surface area contributed by atoms with Crippen molar-refractivity contribution in [3.8, 4) is 17.2 Å². The summed E-state index contributed by atoms with van der Waals surface area (Å²) in [5.74, 6) is -9.89. The molecule has 7 rings (SSSR count). The van der Waals surface area contributed by atoms with Crippen LogP contribution in [0.4, 0.5) is 15.8 Å². The number of carbonyl (C=O) groups is 5. The number of carbonyl (C=O) groups excluding carboxylic acids is 4. The number of allylic oxidation sites excluding steroid dienone is 2. The van der Waals surface area contributed by atoms with Crippen LogP contribution in [0.25, 0.3) is 0 Å². The SMILES string of the molecule is COc1cc(C2C3=CCC4C(=O)N(c5ccc(C(=O)O)c(O)c5)C(=O)C4C3CC3(Cl)C(=O)N(c4ccc(F)cc4)C(=O)C23Cl)ccc1O. The summed E-state index contributed by atoms with van der Waals surface area (Å²) >= 11 is 14.7. The van der Waals surface area contributed by atoms with E-state index in [0.717, 1.165) is 34.1 Å². The standard InChI is InChI=1S/C34H25Cl2FN2O9/c1-48-25-12-15(2-11-23(25)40)27-19-9-10-21-26(29(43)38(28(21)42)18-7-8-20(30(44)45)24(41)13-18)22(19)14-33(35)31(46)39(32(47)34(27,33)36)17-5-3-16(37)4-6-17/h2-9,11-13,21-22,26-27,40-41H,10,14H2,1H3,(H,44,45). The van der Waals surface area contributed by atoms with E-state index in [-0.39, 0.29) is 35.7 Å². The molecule has 3 fully saturated rings. The Kier molecular flexibility index (Phi) is 7.12.